The summed E-state index contributed by atoms with van der Waals surface area (Å²) >= 11 is 3.71. The van der Waals surface area contributed by atoms with Gasteiger partial charge in [0.15, 0.2) is 0 Å². The van der Waals surface area contributed by atoms with Gasteiger partial charge in [-0.25, -0.2) is 0 Å². The van der Waals surface area contributed by atoms with E-state index in [1.165, 1.54) is 44.9 Å². The van der Waals surface area contributed by atoms with Gasteiger partial charge < -0.3 is 0 Å². The van der Waals surface area contributed by atoms with Crippen LogP contribution < -0.4 is 4.57 Å². The van der Waals surface area contributed by atoms with Crippen molar-refractivity contribution in [2.75, 3.05) is 0 Å². The molecule has 154 valence electrons. The summed E-state index contributed by atoms with van der Waals surface area (Å²) in [6.07, 6.45) is 0. The van der Waals surface area contributed by atoms with Crippen molar-refractivity contribution in [1.82, 2.24) is 0 Å². The van der Waals surface area contributed by atoms with Gasteiger partial charge in [-0.2, -0.15) is 4.57 Å². The molecule has 4 aromatic carbocycles. The average molecular weight is 477 g/mol. The van der Waals surface area contributed by atoms with Crippen molar-refractivity contribution in [2.24, 2.45) is 0 Å². The van der Waals surface area contributed by atoms with Crippen LogP contribution in [-0.4, -0.2) is 0 Å². The maximum atomic E-state index is 3.71. The number of pyridine rings is 1. The highest BCUT2D eigenvalue weighted by atomic mass is 79.9. The van der Waals surface area contributed by atoms with Gasteiger partial charge in [-0.3, -0.25) is 0 Å². The van der Waals surface area contributed by atoms with Crippen molar-refractivity contribution in [2.45, 2.75) is 5.33 Å². The van der Waals surface area contributed by atoms with Gasteiger partial charge in [0.1, 0.15) is 0 Å². The van der Waals surface area contributed by atoms with Crippen molar-refractivity contribution in [3.63, 3.8) is 0 Å². The van der Waals surface area contributed by atoms with Gasteiger partial charge in [0.05, 0.1) is 0 Å². The first-order valence-electron chi connectivity index (χ1n) is 10.8. The van der Waals surface area contributed by atoms with Crippen LogP contribution in [0, 0.1) is 0 Å². The molecule has 0 spiro atoms. The topological polar surface area (TPSA) is 3.88 Å². The maximum Gasteiger partial charge on any atom is 0.219 e. The maximum absolute atomic E-state index is 3.71. The highest BCUT2D eigenvalue weighted by Crippen LogP contribution is 2.31. The highest BCUT2D eigenvalue weighted by molar-refractivity contribution is 9.08. The molecule has 0 atom stereocenters. The lowest BCUT2D eigenvalue weighted by atomic mass is 9.98. The molecule has 0 amide bonds. The second-order valence-electron chi connectivity index (χ2n) is 7.71. The van der Waals surface area contributed by atoms with E-state index in [0.717, 1.165) is 5.33 Å². The highest BCUT2D eigenvalue weighted by Gasteiger charge is 2.26. The number of hydrogen-bond acceptors (Lipinski definition) is 0. The summed E-state index contributed by atoms with van der Waals surface area (Å²) in [5.74, 6) is 0. The Morgan fingerprint density at radius 1 is 0.469 bits per heavy atom. The van der Waals surface area contributed by atoms with Crippen LogP contribution in [0.15, 0.2) is 127 Å². The Bertz CT molecular complexity index is 1270. The van der Waals surface area contributed by atoms with E-state index < -0.39 is 0 Å². The van der Waals surface area contributed by atoms with Crippen LogP contribution >= 0.6 is 15.9 Å². The first-order chi connectivity index (χ1) is 15.8. The van der Waals surface area contributed by atoms with E-state index in [2.05, 4.69) is 148 Å². The first kappa shape index (κ1) is 20.4. The SMILES string of the molecule is BrCc1ccccc1-[n+]1c(-c2ccccc2)cc(-c2ccccc2)cc1-c1ccccc1. The van der Waals surface area contributed by atoms with Gasteiger partial charge in [-0.1, -0.05) is 101 Å². The summed E-state index contributed by atoms with van der Waals surface area (Å²) < 4.78 is 2.40. The summed E-state index contributed by atoms with van der Waals surface area (Å²) in [6.45, 7) is 0. The van der Waals surface area contributed by atoms with Crippen molar-refractivity contribution in [3.8, 4) is 39.3 Å². The predicted molar refractivity (Wildman–Crippen MR) is 137 cm³/mol. The van der Waals surface area contributed by atoms with Crippen LogP contribution in [0.25, 0.3) is 39.3 Å². The van der Waals surface area contributed by atoms with Crippen molar-refractivity contribution < 1.29 is 4.57 Å². The van der Waals surface area contributed by atoms with Crippen molar-refractivity contribution >= 4 is 15.9 Å². The molecular weight excluding hydrogens is 454 g/mol. The van der Waals surface area contributed by atoms with E-state index in [0.29, 0.717) is 0 Å². The summed E-state index contributed by atoms with van der Waals surface area (Å²) in [5, 5.41) is 0.791. The minimum atomic E-state index is 0.791. The fourth-order valence-corrected chi connectivity index (χ4v) is 4.61. The van der Waals surface area contributed by atoms with E-state index in [9.17, 15) is 0 Å². The van der Waals surface area contributed by atoms with E-state index in [1.807, 2.05) is 0 Å². The molecule has 1 heterocycles. The molecule has 0 saturated heterocycles. The lowest BCUT2D eigenvalue weighted by molar-refractivity contribution is -0.572. The number of para-hydroxylation sites is 1. The van der Waals surface area contributed by atoms with Crippen LogP contribution in [0.1, 0.15) is 5.56 Å². The minimum absolute atomic E-state index is 0.791. The molecule has 5 aromatic rings. The number of aromatic nitrogens is 1. The molecule has 0 unspecified atom stereocenters. The molecule has 2 heteroatoms. The van der Waals surface area contributed by atoms with Gasteiger partial charge in [-0.15, -0.1) is 0 Å². The molecule has 0 fully saturated rings. The van der Waals surface area contributed by atoms with Crippen LogP contribution in [0.5, 0.6) is 0 Å². The molecule has 5 rings (SSSR count). The Morgan fingerprint density at radius 2 is 0.906 bits per heavy atom. The van der Waals surface area contributed by atoms with Gasteiger partial charge in [0, 0.05) is 40.2 Å². The minimum Gasteiger partial charge on any atom is -0.152 e. The summed E-state index contributed by atoms with van der Waals surface area (Å²) in [4.78, 5) is 0. The Morgan fingerprint density at radius 3 is 1.41 bits per heavy atom. The third-order valence-electron chi connectivity index (χ3n) is 5.69. The normalized spacial score (nSPS) is 10.8. The predicted octanol–water partition coefficient (Wildman–Crippen LogP) is 7.86. The summed E-state index contributed by atoms with van der Waals surface area (Å²) in [7, 11) is 0. The smallest absolute Gasteiger partial charge is 0.152 e. The third-order valence-corrected chi connectivity index (χ3v) is 6.29. The number of alkyl halides is 1. The van der Waals surface area contributed by atoms with Crippen molar-refractivity contribution in [1.29, 1.82) is 0 Å². The second-order valence-corrected chi connectivity index (χ2v) is 8.27. The standard InChI is InChI=1S/C30H23BrN/c31-22-26-18-10-11-19-28(26)32-29(24-14-6-2-7-15-24)20-27(23-12-4-1-5-13-23)21-30(32)25-16-8-3-9-17-25/h1-21H,22H2/q+1. The number of halogens is 1. The second kappa shape index (κ2) is 9.33. The first-order valence-corrected chi connectivity index (χ1v) is 11.9. The molecule has 0 saturated carbocycles. The molecule has 1 nitrogen and oxygen atoms in total. The van der Waals surface area contributed by atoms with Crippen molar-refractivity contribution in [3.05, 3.63) is 133 Å². The van der Waals surface area contributed by atoms with Crippen LogP contribution in [0.2, 0.25) is 0 Å². The van der Waals surface area contributed by atoms with Crippen LogP contribution in [-0.2, 0) is 5.33 Å². The Labute approximate surface area is 197 Å². The fourth-order valence-electron chi connectivity index (χ4n) is 4.14. The zero-order valence-electron chi connectivity index (χ0n) is 17.7. The number of benzene rings is 4. The quantitative estimate of drug-likeness (QED) is 0.179. The fraction of sp³-hybridized carbons (Fsp3) is 0.0333. The monoisotopic (exact) mass is 476 g/mol. The molecule has 0 N–H and O–H groups in total. The zero-order valence-corrected chi connectivity index (χ0v) is 19.2. The van der Waals surface area contributed by atoms with E-state index in [-0.39, 0.29) is 0 Å². The number of hydrogen-bond donors (Lipinski definition) is 0. The Kier molecular flexibility index (Phi) is 5.96. The lowest BCUT2D eigenvalue weighted by Crippen LogP contribution is -2.37. The largest absolute Gasteiger partial charge is 0.219 e. The molecular formula is C30H23BrN+. The Hall–Kier alpha value is -3.49. The molecule has 0 aliphatic carbocycles. The van der Waals surface area contributed by atoms with Crippen LogP contribution in [0.3, 0.4) is 0 Å². The molecule has 0 bridgehead atoms. The molecule has 0 aliphatic heterocycles. The van der Waals surface area contributed by atoms with Crippen LogP contribution in [0.4, 0.5) is 0 Å². The molecule has 32 heavy (non-hydrogen) atoms. The Balaban J connectivity index is 1.90. The molecule has 0 radical (unpaired) electrons. The lowest BCUT2D eigenvalue weighted by Gasteiger charge is -2.14. The zero-order chi connectivity index (χ0) is 21.8. The van der Waals surface area contributed by atoms with E-state index >= 15 is 0 Å². The average Bonchev–Trinajstić information content (AvgIpc) is 2.89. The number of rotatable bonds is 5. The van der Waals surface area contributed by atoms with E-state index in [1.54, 1.807) is 0 Å². The molecule has 1 aromatic heterocycles. The summed E-state index contributed by atoms with van der Waals surface area (Å²) in [5.41, 5.74) is 9.55. The van der Waals surface area contributed by atoms with Gasteiger partial charge in [0.25, 0.3) is 0 Å². The van der Waals surface area contributed by atoms with Gasteiger partial charge in [-0.05, 0) is 35.4 Å². The van der Waals surface area contributed by atoms with Gasteiger partial charge in [0.2, 0.25) is 17.1 Å². The van der Waals surface area contributed by atoms with Gasteiger partial charge >= 0.3 is 0 Å². The molecule has 0 aliphatic rings. The summed E-state index contributed by atoms with van der Waals surface area (Å²) in [6, 6.07) is 45.1. The van der Waals surface area contributed by atoms with E-state index in [4.69, 9.17) is 0 Å². The third kappa shape index (κ3) is 4.02. The number of nitrogens with zero attached hydrogens (tertiary/aromatic N) is 1.